The van der Waals surface area contributed by atoms with E-state index >= 15 is 0 Å². The van der Waals surface area contributed by atoms with Crippen LogP contribution in [0, 0.1) is 0 Å². The zero-order valence-electron chi connectivity index (χ0n) is 53.5. The maximum Gasteiger partial charge on any atom is 0.225 e. The Morgan fingerprint density at radius 2 is 0.778 bits per heavy atom. The third-order valence-electron chi connectivity index (χ3n) is 20.1. The van der Waals surface area contributed by atoms with Crippen molar-refractivity contribution in [1.29, 1.82) is 0 Å². The zero-order chi connectivity index (χ0) is 62.6. The summed E-state index contributed by atoms with van der Waals surface area (Å²) in [6, 6.07) is 0. The number of fused-ring (bicyclic) bond motifs is 9. The van der Waals surface area contributed by atoms with Crippen LogP contribution in [0.1, 0.15) is 212 Å². The van der Waals surface area contributed by atoms with Crippen LogP contribution in [0.4, 0.5) is 0 Å². The molecule has 6 aliphatic rings. The lowest BCUT2D eigenvalue weighted by molar-refractivity contribution is 0.0402. The number of thiophene rings is 3. The van der Waals surface area contributed by atoms with E-state index in [9.17, 15) is 15.3 Å². The zero-order valence-corrected chi connectivity index (χ0v) is 57.6. The first kappa shape index (κ1) is 76.7. The van der Waals surface area contributed by atoms with Crippen LogP contribution < -0.4 is 25.7 Å². The Kier molecular flexibility index (Phi) is 29.8. The van der Waals surface area contributed by atoms with Gasteiger partial charge >= 0.3 is 0 Å². The molecule has 22 heteroatoms. The first-order chi connectivity index (χ1) is 42.0. The molecule has 6 heterocycles. The number of rotatable bonds is 19. The van der Waals surface area contributed by atoms with Crippen LogP contribution in [-0.2, 0) is 19.3 Å². The van der Waals surface area contributed by atoms with Crippen molar-refractivity contribution in [2.24, 2.45) is 11.5 Å². The predicted molar refractivity (Wildman–Crippen MR) is 375 cm³/mol. The number of aryl methyl sites for hydroxylation is 3. The molecule has 6 aromatic heterocycles. The molecular weight excluding hydrogens is 1240 g/mol. The average molecular weight is 1340 g/mol. The summed E-state index contributed by atoms with van der Waals surface area (Å²) in [7, 11) is 6.40. The number of halogens is 2. The molecule has 0 spiro atoms. The summed E-state index contributed by atoms with van der Waals surface area (Å²) in [6.45, 7) is 17.8. The van der Waals surface area contributed by atoms with Crippen molar-refractivity contribution in [3.63, 3.8) is 0 Å². The van der Waals surface area contributed by atoms with Gasteiger partial charge in [0.2, 0.25) is 17.6 Å². The molecule has 3 fully saturated rings. The van der Waals surface area contributed by atoms with Gasteiger partial charge in [0.25, 0.3) is 0 Å². The number of aliphatic hydroxyl groups is 5. The molecule has 0 aromatic carbocycles. The molecule has 6 aromatic rings. The van der Waals surface area contributed by atoms with Crippen LogP contribution in [0.25, 0.3) is 30.6 Å². The third-order valence-corrected chi connectivity index (χ3v) is 23.6. The fraction of sp³-hybridized carbons (Fsp3) is 0.647. The van der Waals surface area contributed by atoms with Crippen LogP contribution in [0.15, 0.2) is 56.9 Å². The van der Waals surface area contributed by atoms with Crippen LogP contribution in [0.5, 0.6) is 17.6 Å². The van der Waals surface area contributed by atoms with Gasteiger partial charge in [-0.15, -0.1) is 78.6 Å². The van der Waals surface area contributed by atoms with Gasteiger partial charge in [-0.1, -0.05) is 46.4 Å². The summed E-state index contributed by atoms with van der Waals surface area (Å²) < 4.78 is 19.3. The van der Waals surface area contributed by atoms with Crippen molar-refractivity contribution in [2.75, 3.05) is 28.3 Å². The fourth-order valence-electron chi connectivity index (χ4n) is 14.4. The summed E-state index contributed by atoms with van der Waals surface area (Å²) in [6.07, 6.45) is 32.8. The highest BCUT2D eigenvalue weighted by Crippen LogP contribution is 2.51. The Morgan fingerprint density at radius 3 is 1.02 bits per heavy atom. The largest absolute Gasteiger partial charge is 0.474 e. The van der Waals surface area contributed by atoms with Gasteiger partial charge < -0.3 is 56.1 Å². The fourth-order valence-corrected chi connectivity index (χ4v) is 18.1. The van der Waals surface area contributed by atoms with Crippen molar-refractivity contribution >= 4 is 89.5 Å². The van der Waals surface area contributed by atoms with E-state index in [-0.39, 0.29) is 61.6 Å². The molecule has 6 atom stereocenters. The highest BCUT2D eigenvalue weighted by Gasteiger charge is 2.40. The molecule has 0 saturated heterocycles. The molecule has 17 nitrogen and oxygen atoms in total. The Labute approximate surface area is 559 Å². The van der Waals surface area contributed by atoms with Gasteiger partial charge in [0.1, 0.15) is 51.8 Å². The standard InChI is InChI=1S/C23H33N3O2S.2C21H29N3O2S.2CH4O.CH4.2ClH/c1-5-16(27)13-15-7-8-18-19(15)20-21(24-14-25-22(20)29-18)28-17-9-11-23(6-2,12-10-17)26(3)4;2*1-3-14(25)11-13-5-6-16-17(13)18-19(23-12-24-20(18)27-16)26-15-7-9-21(22,4-2)10-8-15;2*1-2;;;/h5,14-17,27H,1,6-13H2,2-4H3;2*3,12-15,25H,1,4-11,22H2,2H3;2*2H,1H3;1H4;2*1H/t15-,16+,17?,23?;2*13-,14+,15?,21?;;;;;/m111...../s1. The maximum absolute atomic E-state index is 10.1. The van der Waals surface area contributed by atoms with Gasteiger partial charge in [-0.25, -0.2) is 29.9 Å². The Morgan fingerprint density at radius 1 is 0.500 bits per heavy atom. The molecule has 9 N–H and O–H groups in total. The number of nitrogens with two attached hydrogens (primary N) is 2. The van der Waals surface area contributed by atoms with Gasteiger partial charge in [0, 0.05) is 45.5 Å². The molecule has 0 unspecified atom stereocenters. The Balaban J connectivity index is 0.000000235. The van der Waals surface area contributed by atoms with Gasteiger partial charge in [-0.2, -0.15) is 0 Å². The van der Waals surface area contributed by atoms with Gasteiger partial charge in [-0.05, 0) is 203 Å². The topological polar surface area (TPSA) is 261 Å². The Hall–Kier alpha value is -4.00. The lowest BCUT2D eigenvalue weighted by Crippen LogP contribution is -2.48. The van der Waals surface area contributed by atoms with Crippen molar-refractivity contribution in [1.82, 2.24) is 34.8 Å². The summed E-state index contributed by atoms with van der Waals surface area (Å²) in [5.74, 6) is 3.13. The van der Waals surface area contributed by atoms with E-state index in [1.165, 1.54) is 37.7 Å². The quantitative estimate of drug-likeness (QED) is 0.0372. The normalized spacial score (nSPS) is 26.4. The summed E-state index contributed by atoms with van der Waals surface area (Å²) in [5.41, 5.74) is 17.0. The number of ether oxygens (including phenoxy) is 3. The van der Waals surface area contributed by atoms with Crippen LogP contribution in [0.3, 0.4) is 0 Å². The molecular formula is C68H105Cl2N9O8S3. The maximum atomic E-state index is 10.1. The lowest BCUT2D eigenvalue weighted by Gasteiger charge is -2.44. The van der Waals surface area contributed by atoms with Gasteiger partial charge in [0.05, 0.1) is 34.5 Å². The highest BCUT2D eigenvalue weighted by molar-refractivity contribution is 7.19. The van der Waals surface area contributed by atoms with E-state index < -0.39 is 18.3 Å². The van der Waals surface area contributed by atoms with E-state index in [1.807, 2.05) is 0 Å². The Bertz CT molecular complexity index is 3070. The second-order valence-corrected chi connectivity index (χ2v) is 28.3. The molecule has 3 saturated carbocycles. The van der Waals surface area contributed by atoms with Crippen LogP contribution >= 0.6 is 58.8 Å². The molecule has 6 aliphatic carbocycles. The highest BCUT2D eigenvalue weighted by atomic mass is 35.5. The second kappa shape index (κ2) is 34.9. The third kappa shape index (κ3) is 17.5. The van der Waals surface area contributed by atoms with E-state index in [4.69, 9.17) is 35.9 Å². The van der Waals surface area contributed by atoms with E-state index in [0.717, 1.165) is 179 Å². The average Bonchev–Trinajstić information content (AvgIpc) is 1.63. The summed E-state index contributed by atoms with van der Waals surface area (Å²) >= 11 is 5.25. The van der Waals surface area contributed by atoms with E-state index in [1.54, 1.807) is 71.2 Å². The minimum absolute atomic E-state index is 0. The second-order valence-electron chi connectivity index (χ2n) is 25.1. The minimum Gasteiger partial charge on any atom is -0.474 e. The van der Waals surface area contributed by atoms with Crippen LogP contribution in [0.2, 0.25) is 0 Å². The first-order valence-electron chi connectivity index (χ1n) is 31.9. The van der Waals surface area contributed by atoms with Crippen molar-refractivity contribution < 1.29 is 39.7 Å². The monoisotopic (exact) mass is 1340 g/mol. The molecule has 0 aliphatic heterocycles. The SMILES string of the molecule is C.C=C[C@H](O)C[C@H]1CCc2sc3ncnc(OC4CCC(CC)(N(C)C)CC4)c3c21.C=C[C@H](O)C[C@H]1CCc2sc3ncnc(OC4CCC(N)(CC)CC4)c3c21.C=C[C@H](O)C[C@H]1CCc2sc3ncnc(OC4CCC(N)(CC)CC4)c3c21.CO.CO.Cl.Cl. The van der Waals surface area contributed by atoms with Crippen LogP contribution in [-0.4, -0.2) is 142 Å². The molecule has 0 amide bonds. The summed E-state index contributed by atoms with van der Waals surface area (Å²) in [4.78, 5) is 36.6. The molecule has 502 valence electrons. The predicted octanol–water partition coefficient (Wildman–Crippen LogP) is 13.6. The number of hydrogen-bond acceptors (Lipinski definition) is 20. The van der Waals surface area contributed by atoms with E-state index in [2.05, 4.69) is 89.4 Å². The van der Waals surface area contributed by atoms with Gasteiger partial charge in [-0.3, -0.25) is 0 Å². The molecule has 0 radical (unpaired) electrons. The number of nitrogens with zero attached hydrogens (tertiary/aromatic N) is 7. The smallest absolute Gasteiger partial charge is 0.225 e. The van der Waals surface area contributed by atoms with Crippen molar-refractivity contribution in [3.8, 4) is 17.6 Å². The first-order valence-corrected chi connectivity index (χ1v) is 34.3. The van der Waals surface area contributed by atoms with Crippen molar-refractivity contribution in [3.05, 3.63) is 88.3 Å². The minimum atomic E-state index is -0.477. The molecule has 0 bridgehead atoms. The number of hydrogen-bond donors (Lipinski definition) is 7. The van der Waals surface area contributed by atoms with E-state index in [0.29, 0.717) is 54.3 Å². The van der Waals surface area contributed by atoms with Gasteiger partial charge in [0.15, 0.2) is 0 Å². The van der Waals surface area contributed by atoms with Crippen molar-refractivity contribution in [2.45, 2.75) is 253 Å². The number of aromatic nitrogens is 6. The number of aliphatic hydroxyl groups excluding tert-OH is 5. The summed E-state index contributed by atoms with van der Waals surface area (Å²) in [5, 5.41) is 47.5. The lowest BCUT2D eigenvalue weighted by atomic mass is 9.77. The molecule has 12 rings (SSSR count). The molecule has 90 heavy (non-hydrogen) atoms.